The van der Waals surface area contributed by atoms with E-state index in [4.69, 9.17) is 28.3 Å². The Labute approximate surface area is 109 Å². The third-order valence-electron chi connectivity index (χ3n) is 2.04. The highest BCUT2D eigenvalue weighted by Crippen LogP contribution is 2.25. The lowest BCUT2D eigenvalue weighted by Gasteiger charge is -2.16. The van der Waals surface area contributed by atoms with Gasteiger partial charge >= 0.3 is 5.97 Å². The monoisotopic (exact) mass is 275 g/mol. The van der Waals surface area contributed by atoms with E-state index in [1.807, 2.05) is 0 Å². The van der Waals surface area contributed by atoms with Crippen molar-refractivity contribution in [1.29, 1.82) is 0 Å². The fraction of sp³-hybridized carbons (Fsp3) is 0.273. The molecule has 0 fully saturated rings. The second-order valence-electron chi connectivity index (χ2n) is 3.55. The number of hydrogen-bond donors (Lipinski definition) is 2. The molecule has 0 aliphatic carbocycles. The van der Waals surface area contributed by atoms with E-state index >= 15 is 0 Å². The summed E-state index contributed by atoms with van der Waals surface area (Å²) in [4.78, 5) is 21.7. The molecule has 1 aromatic carbocycles. The minimum Gasteiger partial charge on any atom is -0.481 e. The molecular formula is C11H11Cl2NO3. The highest BCUT2D eigenvalue weighted by Gasteiger charge is 2.17. The van der Waals surface area contributed by atoms with Crippen LogP contribution in [-0.2, 0) is 9.59 Å². The van der Waals surface area contributed by atoms with Gasteiger partial charge in [0.15, 0.2) is 0 Å². The van der Waals surface area contributed by atoms with Gasteiger partial charge in [0.05, 0.1) is 12.5 Å². The first-order chi connectivity index (χ1) is 7.88. The zero-order valence-electron chi connectivity index (χ0n) is 9.04. The van der Waals surface area contributed by atoms with Crippen molar-refractivity contribution < 1.29 is 14.7 Å². The lowest BCUT2D eigenvalue weighted by atomic mass is 10.0. The van der Waals surface area contributed by atoms with Gasteiger partial charge in [-0.2, -0.15) is 0 Å². The van der Waals surface area contributed by atoms with Crippen molar-refractivity contribution in [2.24, 2.45) is 0 Å². The zero-order valence-corrected chi connectivity index (χ0v) is 10.5. The second-order valence-corrected chi connectivity index (χ2v) is 4.43. The average molecular weight is 276 g/mol. The van der Waals surface area contributed by atoms with Crippen LogP contribution in [0, 0.1) is 0 Å². The van der Waals surface area contributed by atoms with E-state index < -0.39 is 12.0 Å². The number of carbonyl (C=O) groups is 2. The molecule has 6 heteroatoms. The molecule has 92 valence electrons. The minimum absolute atomic E-state index is 0.226. The van der Waals surface area contributed by atoms with Crippen molar-refractivity contribution in [3.63, 3.8) is 0 Å². The Morgan fingerprint density at radius 1 is 1.29 bits per heavy atom. The van der Waals surface area contributed by atoms with Gasteiger partial charge in [-0.05, 0) is 23.8 Å². The van der Waals surface area contributed by atoms with E-state index in [2.05, 4.69) is 5.32 Å². The predicted molar refractivity (Wildman–Crippen MR) is 65.3 cm³/mol. The number of aliphatic carboxylic acids is 1. The number of carboxylic acids is 1. The molecule has 0 heterocycles. The molecule has 0 spiro atoms. The standard InChI is InChI=1S/C11H11Cl2NO3/c1-6(15)14-10(5-11(16)17)7-2-8(12)4-9(13)3-7/h2-4,10H,5H2,1H3,(H,14,15)(H,16,17)/t10-/m0/s1. The molecule has 0 aliphatic heterocycles. The third-order valence-corrected chi connectivity index (χ3v) is 2.48. The number of amides is 1. The van der Waals surface area contributed by atoms with E-state index in [1.54, 1.807) is 12.1 Å². The summed E-state index contributed by atoms with van der Waals surface area (Å²) in [6.07, 6.45) is -0.226. The molecule has 1 rings (SSSR count). The lowest BCUT2D eigenvalue weighted by molar-refractivity contribution is -0.137. The van der Waals surface area contributed by atoms with Gasteiger partial charge in [0.2, 0.25) is 5.91 Å². The summed E-state index contributed by atoms with van der Waals surface area (Å²) in [5.74, 6) is -1.33. The van der Waals surface area contributed by atoms with Crippen molar-refractivity contribution in [3.05, 3.63) is 33.8 Å². The molecule has 0 saturated heterocycles. The van der Waals surface area contributed by atoms with E-state index in [9.17, 15) is 9.59 Å². The SMILES string of the molecule is CC(=O)N[C@@H](CC(=O)O)c1cc(Cl)cc(Cl)c1. The number of benzene rings is 1. The van der Waals surface area contributed by atoms with E-state index in [0.29, 0.717) is 15.6 Å². The lowest BCUT2D eigenvalue weighted by Crippen LogP contribution is -2.28. The summed E-state index contributed by atoms with van der Waals surface area (Å²) >= 11 is 11.6. The molecule has 0 bridgehead atoms. The minimum atomic E-state index is -1.01. The molecule has 2 N–H and O–H groups in total. The normalized spacial score (nSPS) is 11.9. The summed E-state index contributed by atoms with van der Waals surface area (Å²) in [5.41, 5.74) is 0.570. The molecule has 0 aliphatic rings. The number of carbonyl (C=O) groups excluding carboxylic acids is 1. The van der Waals surface area contributed by atoms with Gasteiger partial charge in [0.1, 0.15) is 0 Å². The number of nitrogens with one attached hydrogen (secondary N) is 1. The van der Waals surface area contributed by atoms with Crippen LogP contribution in [0.5, 0.6) is 0 Å². The first kappa shape index (κ1) is 13.8. The van der Waals surface area contributed by atoms with Crippen LogP contribution in [0.15, 0.2) is 18.2 Å². The number of carboxylic acid groups (broad SMARTS) is 1. The maximum Gasteiger partial charge on any atom is 0.305 e. The number of rotatable bonds is 4. The van der Waals surface area contributed by atoms with Crippen LogP contribution in [0.3, 0.4) is 0 Å². The topological polar surface area (TPSA) is 66.4 Å². The molecule has 0 aromatic heterocycles. The summed E-state index contributed by atoms with van der Waals surface area (Å²) in [6.45, 7) is 1.32. The molecule has 1 amide bonds. The average Bonchev–Trinajstić information content (AvgIpc) is 2.13. The van der Waals surface area contributed by atoms with Crippen LogP contribution >= 0.6 is 23.2 Å². The molecule has 1 aromatic rings. The van der Waals surface area contributed by atoms with Crippen molar-refractivity contribution in [1.82, 2.24) is 5.32 Å². The Kier molecular flexibility index (Phi) is 4.78. The largest absolute Gasteiger partial charge is 0.481 e. The molecule has 0 saturated carbocycles. The van der Waals surface area contributed by atoms with Crippen LogP contribution in [-0.4, -0.2) is 17.0 Å². The van der Waals surface area contributed by atoms with Crippen LogP contribution in [0.2, 0.25) is 10.0 Å². The molecule has 4 nitrogen and oxygen atoms in total. The molecule has 0 unspecified atom stereocenters. The van der Waals surface area contributed by atoms with Gasteiger partial charge in [0.25, 0.3) is 0 Å². The highest BCUT2D eigenvalue weighted by atomic mass is 35.5. The van der Waals surface area contributed by atoms with Crippen molar-refractivity contribution in [3.8, 4) is 0 Å². The van der Waals surface area contributed by atoms with Crippen LogP contribution in [0.4, 0.5) is 0 Å². The van der Waals surface area contributed by atoms with Crippen LogP contribution in [0.25, 0.3) is 0 Å². The van der Waals surface area contributed by atoms with Gasteiger partial charge in [0, 0.05) is 17.0 Å². The number of halogens is 2. The summed E-state index contributed by atoms with van der Waals surface area (Å²) in [6, 6.07) is 4.06. The van der Waals surface area contributed by atoms with Gasteiger partial charge in [-0.3, -0.25) is 9.59 Å². The van der Waals surface area contributed by atoms with Crippen molar-refractivity contribution in [2.45, 2.75) is 19.4 Å². The zero-order chi connectivity index (χ0) is 13.0. The molecular weight excluding hydrogens is 265 g/mol. The van der Waals surface area contributed by atoms with Crippen LogP contribution in [0.1, 0.15) is 24.9 Å². The summed E-state index contributed by atoms with van der Waals surface area (Å²) in [7, 11) is 0. The Morgan fingerprint density at radius 3 is 2.24 bits per heavy atom. The first-order valence-electron chi connectivity index (χ1n) is 4.83. The molecule has 0 radical (unpaired) electrons. The summed E-state index contributed by atoms with van der Waals surface area (Å²) < 4.78 is 0. The third kappa shape index (κ3) is 4.63. The van der Waals surface area contributed by atoms with Crippen molar-refractivity contribution in [2.75, 3.05) is 0 Å². The quantitative estimate of drug-likeness (QED) is 0.888. The molecule has 17 heavy (non-hydrogen) atoms. The van der Waals surface area contributed by atoms with Gasteiger partial charge < -0.3 is 10.4 Å². The second kappa shape index (κ2) is 5.89. The summed E-state index contributed by atoms with van der Waals surface area (Å²) in [5, 5.41) is 12.1. The predicted octanol–water partition coefficient (Wildman–Crippen LogP) is 2.65. The maximum atomic E-state index is 11.0. The van der Waals surface area contributed by atoms with Gasteiger partial charge in [-0.25, -0.2) is 0 Å². The highest BCUT2D eigenvalue weighted by molar-refractivity contribution is 6.34. The fourth-order valence-corrected chi connectivity index (χ4v) is 1.99. The fourth-order valence-electron chi connectivity index (χ4n) is 1.45. The Hall–Kier alpha value is -1.26. The number of hydrogen-bond acceptors (Lipinski definition) is 2. The Bertz CT molecular complexity index is 412. The Balaban J connectivity index is 3.02. The van der Waals surface area contributed by atoms with Crippen molar-refractivity contribution >= 4 is 35.1 Å². The first-order valence-corrected chi connectivity index (χ1v) is 5.59. The van der Waals surface area contributed by atoms with Gasteiger partial charge in [-0.1, -0.05) is 23.2 Å². The van der Waals surface area contributed by atoms with Crippen LogP contribution < -0.4 is 5.32 Å². The Morgan fingerprint density at radius 2 is 1.82 bits per heavy atom. The molecule has 1 atom stereocenters. The van der Waals surface area contributed by atoms with E-state index in [1.165, 1.54) is 13.0 Å². The van der Waals surface area contributed by atoms with E-state index in [0.717, 1.165) is 0 Å². The van der Waals surface area contributed by atoms with E-state index in [-0.39, 0.29) is 12.3 Å². The maximum absolute atomic E-state index is 11.0. The van der Waals surface area contributed by atoms with Gasteiger partial charge in [-0.15, -0.1) is 0 Å². The smallest absolute Gasteiger partial charge is 0.305 e.